The highest BCUT2D eigenvalue weighted by atomic mass is 35.5. The molecule has 0 heterocycles. The summed E-state index contributed by atoms with van der Waals surface area (Å²) < 4.78 is 0. The molecule has 1 aromatic carbocycles. The maximum atomic E-state index is 9.47. The first-order valence-electron chi connectivity index (χ1n) is 6.32. The van der Waals surface area contributed by atoms with Crippen molar-refractivity contribution < 1.29 is 5.11 Å². The second-order valence-corrected chi connectivity index (χ2v) is 5.45. The molecular formula is C14H20ClNO. The van der Waals surface area contributed by atoms with E-state index in [1.54, 1.807) is 0 Å². The zero-order valence-electron chi connectivity index (χ0n) is 10.2. The maximum Gasteiger partial charge on any atom is 0.0543 e. The van der Waals surface area contributed by atoms with Gasteiger partial charge in [-0.1, -0.05) is 23.7 Å². The summed E-state index contributed by atoms with van der Waals surface area (Å²) >= 11 is 5.86. The van der Waals surface area contributed by atoms with Gasteiger partial charge in [0.2, 0.25) is 0 Å². The molecule has 0 aromatic heterocycles. The van der Waals surface area contributed by atoms with Gasteiger partial charge in [-0.25, -0.2) is 0 Å². The van der Waals surface area contributed by atoms with E-state index in [9.17, 15) is 5.11 Å². The van der Waals surface area contributed by atoms with Gasteiger partial charge in [0.05, 0.1) is 6.10 Å². The number of rotatable bonds is 4. The van der Waals surface area contributed by atoms with E-state index < -0.39 is 0 Å². The van der Waals surface area contributed by atoms with Gasteiger partial charge < -0.3 is 10.4 Å². The Bertz CT molecular complexity index is 352. The van der Waals surface area contributed by atoms with E-state index >= 15 is 0 Å². The van der Waals surface area contributed by atoms with Crippen molar-refractivity contribution in [3.05, 3.63) is 34.9 Å². The number of hydrogen-bond donors (Lipinski definition) is 2. The second kappa shape index (κ2) is 5.85. The van der Waals surface area contributed by atoms with Crippen LogP contribution >= 0.6 is 11.6 Å². The van der Waals surface area contributed by atoms with Crippen molar-refractivity contribution in [2.24, 2.45) is 5.92 Å². The molecule has 1 aliphatic rings. The van der Waals surface area contributed by atoms with E-state index in [4.69, 9.17) is 11.6 Å². The first kappa shape index (κ1) is 12.9. The highest BCUT2D eigenvalue weighted by Crippen LogP contribution is 2.25. The Labute approximate surface area is 108 Å². The molecule has 0 saturated heterocycles. The fourth-order valence-corrected chi connectivity index (χ4v) is 2.57. The minimum atomic E-state index is -0.0763. The standard InChI is InChI=1S/C14H20ClNO/c1-10(12-3-5-13(15)6-4-12)16-9-11-2-7-14(17)8-11/h3-6,10-11,14,16-17H,2,7-9H2,1H3. The van der Waals surface area contributed by atoms with Crippen LogP contribution in [0.1, 0.15) is 37.8 Å². The number of nitrogens with one attached hydrogen (secondary N) is 1. The zero-order chi connectivity index (χ0) is 12.3. The fourth-order valence-electron chi connectivity index (χ4n) is 2.45. The normalized spacial score (nSPS) is 26.1. The van der Waals surface area contributed by atoms with Crippen LogP contribution in [0.2, 0.25) is 5.02 Å². The van der Waals surface area contributed by atoms with Gasteiger partial charge in [0.15, 0.2) is 0 Å². The lowest BCUT2D eigenvalue weighted by molar-refractivity contribution is 0.177. The SMILES string of the molecule is CC(NCC1CCC(O)C1)c1ccc(Cl)cc1. The predicted octanol–water partition coefficient (Wildman–Crippen LogP) is 3.15. The predicted molar refractivity (Wildman–Crippen MR) is 71.2 cm³/mol. The Morgan fingerprint density at radius 2 is 2.06 bits per heavy atom. The molecule has 2 N–H and O–H groups in total. The molecule has 2 rings (SSSR count). The third-order valence-corrected chi connectivity index (χ3v) is 3.85. The lowest BCUT2D eigenvalue weighted by Gasteiger charge is -2.17. The van der Waals surface area contributed by atoms with Crippen molar-refractivity contribution in [3.63, 3.8) is 0 Å². The maximum absolute atomic E-state index is 9.47. The molecule has 3 heteroatoms. The first-order valence-corrected chi connectivity index (χ1v) is 6.70. The molecule has 0 bridgehead atoms. The lowest BCUT2D eigenvalue weighted by atomic mass is 10.1. The van der Waals surface area contributed by atoms with E-state index in [1.807, 2.05) is 12.1 Å². The summed E-state index contributed by atoms with van der Waals surface area (Å²) in [6, 6.07) is 8.31. The van der Waals surface area contributed by atoms with Crippen molar-refractivity contribution in [2.75, 3.05) is 6.54 Å². The monoisotopic (exact) mass is 253 g/mol. The quantitative estimate of drug-likeness (QED) is 0.864. The molecule has 1 aliphatic carbocycles. The molecule has 0 amide bonds. The molecule has 1 aromatic rings. The number of aliphatic hydroxyl groups is 1. The van der Waals surface area contributed by atoms with Crippen LogP contribution in [0.3, 0.4) is 0 Å². The lowest BCUT2D eigenvalue weighted by Crippen LogP contribution is -2.24. The first-order chi connectivity index (χ1) is 8.15. The fraction of sp³-hybridized carbons (Fsp3) is 0.571. The highest BCUT2D eigenvalue weighted by Gasteiger charge is 2.22. The summed E-state index contributed by atoms with van der Waals surface area (Å²) in [5, 5.41) is 13.8. The summed E-state index contributed by atoms with van der Waals surface area (Å²) in [6.45, 7) is 3.15. The van der Waals surface area contributed by atoms with Crippen molar-refractivity contribution in [3.8, 4) is 0 Å². The number of hydrogen-bond acceptors (Lipinski definition) is 2. The topological polar surface area (TPSA) is 32.3 Å². The molecule has 2 nitrogen and oxygen atoms in total. The van der Waals surface area contributed by atoms with Crippen LogP contribution in [-0.2, 0) is 0 Å². The molecule has 94 valence electrons. The van der Waals surface area contributed by atoms with Gasteiger partial charge in [0, 0.05) is 11.1 Å². The molecule has 1 saturated carbocycles. The van der Waals surface area contributed by atoms with Crippen molar-refractivity contribution in [2.45, 2.75) is 38.3 Å². The summed E-state index contributed by atoms with van der Waals surface area (Å²) in [7, 11) is 0. The van der Waals surface area contributed by atoms with Crippen molar-refractivity contribution >= 4 is 11.6 Å². The van der Waals surface area contributed by atoms with Gasteiger partial charge >= 0.3 is 0 Å². The molecule has 3 unspecified atom stereocenters. The Balaban J connectivity index is 1.81. The van der Waals surface area contributed by atoms with Gasteiger partial charge in [0.1, 0.15) is 0 Å². The molecule has 0 spiro atoms. The van der Waals surface area contributed by atoms with Crippen LogP contribution in [-0.4, -0.2) is 17.8 Å². The summed E-state index contributed by atoms with van der Waals surface area (Å²) in [4.78, 5) is 0. The average Bonchev–Trinajstić information content (AvgIpc) is 2.73. The minimum absolute atomic E-state index is 0.0763. The Morgan fingerprint density at radius 3 is 2.65 bits per heavy atom. The number of halogens is 1. The highest BCUT2D eigenvalue weighted by molar-refractivity contribution is 6.30. The Kier molecular flexibility index (Phi) is 4.43. The van der Waals surface area contributed by atoms with Gasteiger partial charge in [-0.15, -0.1) is 0 Å². The minimum Gasteiger partial charge on any atom is -0.393 e. The largest absolute Gasteiger partial charge is 0.393 e. The Hall–Kier alpha value is -0.570. The molecule has 0 radical (unpaired) electrons. The van der Waals surface area contributed by atoms with E-state index in [0.29, 0.717) is 12.0 Å². The van der Waals surface area contributed by atoms with Crippen molar-refractivity contribution in [1.82, 2.24) is 5.32 Å². The summed E-state index contributed by atoms with van der Waals surface area (Å²) in [5.74, 6) is 0.625. The van der Waals surface area contributed by atoms with Gasteiger partial charge in [-0.2, -0.15) is 0 Å². The Morgan fingerprint density at radius 1 is 1.35 bits per heavy atom. The van der Waals surface area contributed by atoms with Gasteiger partial charge in [-0.05, 0) is 56.3 Å². The number of aliphatic hydroxyl groups excluding tert-OH is 1. The van der Waals surface area contributed by atoms with Gasteiger partial charge in [-0.3, -0.25) is 0 Å². The summed E-state index contributed by atoms with van der Waals surface area (Å²) in [5.41, 5.74) is 1.26. The molecule has 0 aliphatic heterocycles. The van der Waals surface area contributed by atoms with E-state index in [2.05, 4.69) is 24.4 Å². The average molecular weight is 254 g/mol. The van der Waals surface area contributed by atoms with Crippen LogP contribution in [0.5, 0.6) is 0 Å². The smallest absolute Gasteiger partial charge is 0.0543 e. The van der Waals surface area contributed by atoms with Crippen LogP contribution < -0.4 is 5.32 Å². The second-order valence-electron chi connectivity index (χ2n) is 5.01. The van der Waals surface area contributed by atoms with E-state index in [-0.39, 0.29) is 6.10 Å². The third kappa shape index (κ3) is 3.70. The third-order valence-electron chi connectivity index (χ3n) is 3.60. The number of benzene rings is 1. The van der Waals surface area contributed by atoms with Crippen LogP contribution in [0, 0.1) is 5.92 Å². The summed E-state index contributed by atoms with van der Waals surface area (Å²) in [6.07, 6.45) is 2.97. The van der Waals surface area contributed by atoms with Gasteiger partial charge in [0.25, 0.3) is 0 Å². The molecule has 1 fully saturated rings. The van der Waals surface area contributed by atoms with Crippen molar-refractivity contribution in [1.29, 1.82) is 0 Å². The zero-order valence-corrected chi connectivity index (χ0v) is 11.0. The molecular weight excluding hydrogens is 234 g/mol. The van der Waals surface area contributed by atoms with Crippen LogP contribution in [0.25, 0.3) is 0 Å². The van der Waals surface area contributed by atoms with E-state index in [0.717, 1.165) is 30.8 Å². The van der Waals surface area contributed by atoms with E-state index in [1.165, 1.54) is 5.56 Å². The molecule has 3 atom stereocenters. The van der Waals surface area contributed by atoms with Crippen LogP contribution in [0.15, 0.2) is 24.3 Å². The van der Waals surface area contributed by atoms with Crippen LogP contribution in [0.4, 0.5) is 0 Å². The molecule has 17 heavy (non-hydrogen) atoms.